The van der Waals surface area contributed by atoms with Gasteiger partial charge in [-0.1, -0.05) is 26.3 Å². The lowest BCUT2D eigenvalue weighted by Gasteiger charge is -2.43. The zero-order valence-corrected chi connectivity index (χ0v) is 14.5. The average Bonchev–Trinajstić information content (AvgIpc) is 2.54. The number of ether oxygens (including phenoxy) is 1. The molecule has 3 N–H and O–H groups in total. The minimum absolute atomic E-state index is 0.0720. The van der Waals surface area contributed by atoms with Crippen LogP contribution in [0.25, 0.3) is 0 Å². The van der Waals surface area contributed by atoms with E-state index in [1.165, 1.54) is 6.42 Å². The largest absolute Gasteiger partial charge is 0.478 e. The van der Waals surface area contributed by atoms with Crippen molar-refractivity contribution in [2.24, 2.45) is 17.6 Å². The highest BCUT2D eigenvalue weighted by atomic mass is 16.5. The number of rotatable bonds is 7. The second-order valence-corrected chi connectivity index (χ2v) is 7.15. The Balaban J connectivity index is 1.96. The topological polar surface area (TPSA) is 75.8 Å². The maximum Gasteiger partial charge on any atom is 0.331 e. The van der Waals surface area contributed by atoms with Crippen molar-refractivity contribution in [3.05, 3.63) is 11.6 Å². The standard InChI is InChI=1S/C18H32N2O3/c1-3-4-8-23-12-14-6-5-7-20(11-14)17-10-15(18(21)22)9-16(19)13(17)2/h10,13-14,16-17H,3-9,11-12,19H2,1-2H3,(H,21,22)/t13?,14-,16+,17+/m1/s1. The number of likely N-dealkylation sites (tertiary alicyclic amines) is 1. The predicted molar refractivity (Wildman–Crippen MR) is 91.3 cm³/mol. The Kier molecular flexibility index (Phi) is 7.06. The van der Waals surface area contributed by atoms with Crippen molar-refractivity contribution in [2.75, 3.05) is 26.3 Å². The van der Waals surface area contributed by atoms with Gasteiger partial charge in [-0.25, -0.2) is 4.79 Å². The number of hydrogen-bond donors (Lipinski definition) is 2. The number of unbranched alkanes of at least 4 members (excludes halogenated alkanes) is 1. The number of carboxylic acid groups (broad SMARTS) is 1. The number of nitrogens with zero attached hydrogens (tertiary/aromatic N) is 1. The van der Waals surface area contributed by atoms with E-state index in [0.717, 1.165) is 45.6 Å². The van der Waals surface area contributed by atoms with Gasteiger partial charge in [0.2, 0.25) is 0 Å². The van der Waals surface area contributed by atoms with Crippen LogP contribution in [-0.4, -0.2) is 54.4 Å². The molecule has 0 saturated carbocycles. The Morgan fingerprint density at radius 3 is 3.00 bits per heavy atom. The zero-order valence-electron chi connectivity index (χ0n) is 14.5. The molecule has 132 valence electrons. The summed E-state index contributed by atoms with van der Waals surface area (Å²) in [4.78, 5) is 13.8. The van der Waals surface area contributed by atoms with E-state index < -0.39 is 5.97 Å². The highest BCUT2D eigenvalue weighted by Crippen LogP contribution is 2.30. The molecule has 2 aliphatic rings. The SMILES string of the molecule is CCCCOC[C@@H]1CCCN([C@H]2C=C(C(=O)O)C[C@H](N)C2C)C1. The van der Waals surface area contributed by atoms with Gasteiger partial charge in [-0.2, -0.15) is 0 Å². The lowest BCUT2D eigenvalue weighted by molar-refractivity contribution is -0.133. The Morgan fingerprint density at radius 1 is 1.52 bits per heavy atom. The van der Waals surface area contributed by atoms with Gasteiger partial charge in [0.05, 0.1) is 6.61 Å². The van der Waals surface area contributed by atoms with Crippen molar-refractivity contribution < 1.29 is 14.6 Å². The molecule has 2 rings (SSSR count). The first-order valence-electron chi connectivity index (χ1n) is 9.04. The second-order valence-electron chi connectivity index (χ2n) is 7.15. The minimum atomic E-state index is -0.825. The van der Waals surface area contributed by atoms with Gasteiger partial charge in [-0.05, 0) is 44.1 Å². The van der Waals surface area contributed by atoms with Crippen molar-refractivity contribution >= 4 is 5.97 Å². The lowest BCUT2D eigenvalue weighted by Crippen LogP contribution is -2.52. The molecular formula is C18H32N2O3. The van der Waals surface area contributed by atoms with Gasteiger partial charge in [-0.3, -0.25) is 4.90 Å². The molecule has 5 nitrogen and oxygen atoms in total. The molecule has 0 spiro atoms. The van der Waals surface area contributed by atoms with E-state index in [4.69, 9.17) is 10.5 Å². The van der Waals surface area contributed by atoms with Crippen molar-refractivity contribution in [3.63, 3.8) is 0 Å². The summed E-state index contributed by atoms with van der Waals surface area (Å²) in [5, 5.41) is 9.31. The van der Waals surface area contributed by atoms with Crippen LogP contribution in [0.15, 0.2) is 11.6 Å². The molecule has 4 atom stereocenters. The summed E-state index contributed by atoms with van der Waals surface area (Å²) in [7, 11) is 0. The fourth-order valence-corrected chi connectivity index (χ4v) is 3.72. The predicted octanol–water partition coefficient (Wildman–Crippen LogP) is 2.26. The van der Waals surface area contributed by atoms with Gasteiger partial charge in [0, 0.05) is 30.8 Å². The van der Waals surface area contributed by atoms with Crippen LogP contribution in [0, 0.1) is 11.8 Å². The van der Waals surface area contributed by atoms with Crippen LogP contribution in [0.4, 0.5) is 0 Å². The highest BCUT2D eigenvalue weighted by molar-refractivity contribution is 5.87. The third-order valence-corrected chi connectivity index (χ3v) is 5.28. The molecule has 1 unspecified atom stereocenters. The lowest BCUT2D eigenvalue weighted by atomic mass is 9.81. The van der Waals surface area contributed by atoms with Crippen LogP contribution >= 0.6 is 0 Å². The first-order chi connectivity index (χ1) is 11.0. The van der Waals surface area contributed by atoms with E-state index in [0.29, 0.717) is 17.9 Å². The van der Waals surface area contributed by atoms with Gasteiger partial charge in [0.15, 0.2) is 0 Å². The van der Waals surface area contributed by atoms with Crippen LogP contribution in [0.3, 0.4) is 0 Å². The van der Waals surface area contributed by atoms with Crippen molar-refractivity contribution in [1.82, 2.24) is 4.90 Å². The number of carboxylic acids is 1. The first-order valence-corrected chi connectivity index (χ1v) is 9.04. The number of hydrogen-bond acceptors (Lipinski definition) is 4. The fourth-order valence-electron chi connectivity index (χ4n) is 3.72. The molecule has 0 bridgehead atoms. The molecule has 1 fully saturated rings. The van der Waals surface area contributed by atoms with E-state index in [1.807, 2.05) is 6.08 Å². The maximum atomic E-state index is 11.3. The first kappa shape index (κ1) is 18.4. The van der Waals surface area contributed by atoms with Crippen molar-refractivity contribution in [1.29, 1.82) is 0 Å². The Bertz CT molecular complexity index is 424. The molecule has 1 aliphatic carbocycles. The molecule has 0 amide bonds. The molecule has 0 aromatic rings. The molecule has 0 radical (unpaired) electrons. The van der Waals surface area contributed by atoms with Crippen LogP contribution < -0.4 is 5.73 Å². The monoisotopic (exact) mass is 324 g/mol. The summed E-state index contributed by atoms with van der Waals surface area (Å²) in [6.45, 7) is 7.99. The average molecular weight is 324 g/mol. The smallest absolute Gasteiger partial charge is 0.331 e. The van der Waals surface area contributed by atoms with Crippen molar-refractivity contribution in [2.45, 2.75) is 58.0 Å². The quantitative estimate of drug-likeness (QED) is 0.703. The third-order valence-electron chi connectivity index (χ3n) is 5.28. The van der Waals surface area contributed by atoms with E-state index in [9.17, 15) is 9.90 Å². The summed E-state index contributed by atoms with van der Waals surface area (Å²) in [5.41, 5.74) is 6.67. The molecule has 1 saturated heterocycles. The Labute approximate surface area is 139 Å². The summed E-state index contributed by atoms with van der Waals surface area (Å²) < 4.78 is 5.80. The summed E-state index contributed by atoms with van der Waals surface area (Å²) in [6.07, 6.45) is 7.05. The molecule has 0 aromatic carbocycles. The summed E-state index contributed by atoms with van der Waals surface area (Å²) >= 11 is 0. The van der Waals surface area contributed by atoms with Crippen molar-refractivity contribution in [3.8, 4) is 0 Å². The Morgan fingerprint density at radius 2 is 2.30 bits per heavy atom. The molecule has 1 aliphatic heterocycles. The van der Waals surface area contributed by atoms with E-state index in [-0.39, 0.29) is 18.0 Å². The van der Waals surface area contributed by atoms with E-state index in [2.05, 4.69) is 18.7 Å². The number of carbonyl (C=O) groups is 1. The van der Waals surface area contributed by atoms with Gasteiger partial charge in [-0.15, -0.1) is 0 Å². The summed E-state index contributed by atoms with van der Waals surface area (Å²) in [6, 6.07) is 0.0700. The normalized spacial score (nSPS) is 32.6. The Hall–Kier alpha value is -0.910. The second kappa shape index (κ2) is 8.81. The van der Waals surface area contributed by atoms with E-state index in [1.54, 1.807) is 0 Å². The zero-order chi connectivity index (χ0) is 16.8. The molecule has 23 heavy (non-hydrogen) atoms. The van der Waals surface area contributed by atoms with Crippen LogP contribution in [0.1, 0.15) is 46.0 Å². The number of nitrogens with two attached hydrogens (primary N) is 1. The van der Waals surface area contributed by atoms with Crippen LogP contribution in [0.2, 0.25) is 0 Å². The number of piperidine rings is 1. The summed E-state index contributed by atoms with van der Waals surface area (Å²) in [5.74, 6) is 0.0132. The minimum Gasteiger partial charge on any atom is -0.478 e. The number of aliphatic carboxylic acids is 1. The fraction of sp³-hybridized carbons (Fsp3) is 0.833. The van der Waals surface area contributed by atoms with Gasteiger partial charge in [0.1, 0.15) is 0 Å². The third kappa shape index (κ3) is 5.03. The molecule has 1 heterocycles. The molecule has 5 heteroatoms. The van der Waals surface area contributed by atoms with Gasteiger partial charge in [0.25, 0.3) is 0 Å². The van der Waals surface area contributed by atoms with Gasteiger partial charge < -0.3 is 15.6 Å². The molecule has 0 aromatic heterocycles. The van der Waals surface area contributed by atoms with Crippen LogP contribution in [-0.2, 0) is 9.53 Å². The van der Waals surface area contributed by atoms with Crippen LogP contribution in [0.5, 0.6) is 0 Å². The van der Waals surface area contributed by atoms with Gasteiger partial charge >= 0.3 is 5.97 Å². The highest BCUT2D eigenvalue weighted by Gasteiger charge is 2.35. The maximum absolute atomic E-state index is 11.3. The van der Waals surface area contributed by atoms with E-state index >= 15 is 0 Å². The molecular weight excluding hydrogens is 292 g/mol.